The van der Waals surface area contributed by atoms with Crippen molar-refractivity contribution in [2.75, 3.05) is 0 Å². The van der Waals surface area contributed by atoms with E-state index in [1.165, 1.54) is 12.1 Å². The highest BCUT2D eigenvalue weighted by Crippen LogP contribution is 2.25. The molecule has 0 aliphatic heterocycles. The lowest BCUT2D eigenvalue weighted by molar-refractivity contribution is 0.0702. The Hall–Kier alpha value is -2.67. The highest BCUT2D eigenvalue weighted by Gasteiger charge is 2.21. The van der Waals surface area contributed by atoms with Gasteiger partial charge in [-0.25, -0.2) is 9.78 Å². The number of carboxylic acids is 1. The van der Waals surface area contributed by atoms with Crippen LogP contribution in [0.15, 0.2) is 36.4 Å². The van der Waals surface area contributed by atoms with E-state index in [1.54, 1.807) is 0 Å². The van der Waals surface area contributed by atoms with Crippen molar-refractivity contribution in [1.29, 1.82) is 0 Å². The summed E-state index contributed by atoms with van der Waals surface area (Å²) in [5, 5.41) is 11.9. The van der Waals surface area contributed by atoms with Crippen molar-refractivity contribution in [2.24, 2.45) is 0 Å². The van der Waals surface area contributed by atoms with Gasteiger partial charge in [-0.1, -0.05) is 12.1 Å². The van der Waals surface area contributed by atoms with E-state index in [9.17, 15) is 9.59 Å². The second kappa shape index (κ2) is 6.68. The zero-order valence-electron chi connectivity index (χ0n) is 14.2. The van der Waals surface area contributed by atoms with Gasteiger partial charge in [0.15, 0.2) is 0 Å². The molecule has 0 aliphatic rings. The lowest BCUT2D eigenvalue weighted by atomic mass is 10.2. The number of aromatic nitrogens is 2. The number of hydrogen-bond donors (Lipinski definition) is 2. The molecule has 25 heavy (non-hydrogen) atoms. The number of benzene rings is 1. The molecule has 0 bridgehead atoms. The second-order valence-corrected chi connectivity index (χ2v) is 7.17. The number of aromatic carboxylic acids is 1. The van der Waals surface area contributed by atoms with Crippen LogP contribution in [-0.4, -0.2) is 26.5 Å². The van der Waals surface area contributed by atoms with Crippen LogP contribution >= 0.6 is 11.3 Å². The fourth-order valence-corrected chi connectivity index (χ4v) is 3.57. The first-order valence-corrected chi connectivity index (χ1v) is 8.81. The smallest absolute Gasteiger partial charge is 0.345 e. The number of fused-ring (bicyclic) bond motifs is 1. The number of amides is 1. The van der Waals surface area contributed by atoms with E-state index < -0.39 is 5.97 Å². The van der Waals surface area contributed by atoms with Crippen LogP contribution in [0.2, 0.25) is 0 Å². The molecule has 1 atom stereocenters. The maximum Gasteiger partial charge on any atom is 0.345 e. The molecule has 2 aromatic heterocycles. The number of carbonyl (C=O) groups is 2. The van der Waals surface area contributed by atoms with Crippen LogP contribution in [0.25, 0.3) is 11.0 Å². The van der Waals surface area contributed by atoms with E-state index in [2.05, 4.69) is 28.7 Å². The predicted octanol–water partition coefficient (Wildman–Crippen LogP) is 3.87. The topological polar surface area (TPSA) is 84.2 Å². The summed E-state index contributed by atoms with van der Waals surface area (Å²) in [5.74, 6) is -0.550. The molecule has 7 heteroatoms. The van der Waals surface area contributed by atoms with Crippen molar-refractivity contribution in [2.45, 2.75) is 32.9 Å². The van der Waals surface area contributed by atoms with Crippen LogP contribution in [0.1, 0.15) is 58.0 Å². The summed E-state index contributed by atoms with van der Waals surface area (Å²) in [7, 11) is 0. The van der Waals surface area contributed by atoms with Crippen molar-refractivity contribution < 1.29 is 14.7 Å². The number of carboxylic acid groups (broad SMARTS) is 1. The summed E-state index contributed by atoms with van der Waals surface area (Å²) < 4.78 is 2.11. The summed E-state index contributed by atoms with van der Waals surface area (Å²) in [6, 6.07) is 10.7. The number of thiophene rings is 1. The summed E-state index contributed by atoms with van der Waals surface area (Å²) in [5.41, 5.74) is 1.91. The molecule has 0 fully saturated rings. The lowest BCUT2D eigenvalue weighted by Crippen LogP contribution is -2.28. The molecule has 3 rings (SSSR count). The number of imidazole rings is 1. The van der Waals surface area contributed by atoms with Crippen LogP contribution < -0.4 is 5.32 Å². The van der Waals surface area contributed by atoms with Gasteiger partial charge < -0.3 is 15.0 Å². The standard InChI is InChI=1S/C18H19N3O3S/c1-10(2)21-13-7-5-4-6-12(13)20-16(21)11(3)19-17(22)14-8-9-15(25-14)18(23)24/h4-11H,1-3H3,(H,19,22)(H,23,24). The van der Waals surface area contributed by atoms with Crippen molar-refractivity contribution in [3.05, 3.63) is 52.0 Å². The lowest BCUT2D eigenvalue weighted by Gasteiger charge is -2.18. The molecule has 0 radical (unpaired) electrons. The summed E-state index contributed by atoms with van der Waals surface area (Å²) >= 11 is 0.963. The van der Waals surface area contributed by atoms with Gasteiger partial charge in [0.2, 0.25) is 0 Å². The van der Waals surface area contributed by atoms with E-state index in [4.69, 9.17) is 5.11 Å². The molecule has 1 amide bonds. The highest BCUT2D eigenvalue weighted by molar-refractivity contribution is 7.15. The van der Waals surface area contributed by atoms with E-state index in [-0.39, 0.29) is 22.9 Å². The Morgan fingerprint density at radius 1 is 1.12 bits per heavy atom. The molecule has 6 nitrogen and oxygen atoms in total. The maximum absolute atomic E-state index is 12.4. The molecular weight excluding hydrogens is 338 g/mol. The van der Waals surface area contributed by atoms with E-state index in [1.807, 2.05) is 31.2 Å². The molecule has 3 aromatic rings. The number of hydrogen-bond acceptors (Lipinski definition) is 4. The zero-order chi connectivity index (χ0) is 18.1. The van der Waals surface area contributed by atoms with Crippen LogP contribution in [-0.2, 0) is 0 Å². The first-order chi connectivity index (χ1) is 11.9. The Labute approximate surface area is 149 Å². The van der Waals surface area contributed by atoms with E-state index >= 15 is 0 Å². The number of rotatable bonds is 5. The highest BCUT2D eigenvalue weighted by atomic mass is 32.1. The average molecular weight is 357 g/mol. The number of para-hydroxylation sites is 2. The molecule has 130 valence electrons. The van der Waals surface area contributed by atoms with Gasteiger partial charge in [-0.3, -0.25) is 4.79 Å². The zero-order valence-corrected chi connectivity index (χ0v) is 15.0. The van der Waals surface area contributed by atoms with E-state index in [0.29, 0.717) is 4.88 Å². The molecular formula is C18H19N3O3S. The van der Waals surface area contributed by atoms with Gasteiger partial charge in [-0.15, -0.1) is 11.3 Å². The molecule has 0 aliphatic carbocycles. The largest absolute Gasteiger partial charge is 0.477 e. The molecule has 1 unspecified atom stereocenters. The van der Waals surface area contributed by atoms with Crippen molar-refractivity contribution >= 4 is 34.2 Å². The van der Waals surface area contributed by atoms with Crippen LogP contribution in [0, 0.1) is 0 Å². The first-order valence-electron chi connectivity index (χ1n) is 7.99. The molecule has 1 aromatic carbocycles. The Morgan fingerprint density at radius 3 is 2.44 bits per heavy atom. The average Bonchev–Trinajstić information content (AvgIpc) is 3.19. The quantitative estimate of drug-likeness (QED) is 0.726. The molecule has 0 saturated carbocycles. The predicted molar refractivity (Wildman–Crippen MR) is 97.3 cm³/mol. The van der Waals surface area contributed by atoms with Gasteiger partial charge in [0.1, 0.15) is 10.7 Å². The number of carbonyl (C=O) groups excluding carboxylic acids is 1. The SMILES string of the molecule is CC(NC(=O)c1ccc(C(=O)O)s1)c1nc2ccccc2n1C(C)C. The van der Waals surface area contributed by atoms with Gasteiger partial charge in [0.05, 0.1) is 22.0 Å². The van der Waals surface area contributed by atoms with Crippen molar-refractivity contribution in [3.8, 4) is 0 Å². The molecule has 2 heterocycles. The van der Waals surface area contributed by atoms with Gasteiger partial charge in [0, 0.05) is 6.04 Å². The Balaban J connectivity index is 1.89. The van der Waals surface area contributed by atoms with Gasteiger partial charge in [-0.05, 0) is 45.0 Å². The van der Waals surface area contributed by atoms with Crippen molar-refractivity contribution in [1.82, 2.24) is 14.9 Å². The molecule has 2 N–H and O–H groups in total. The van der Waals surface area contributed by atoms with Crippen molar-refractivity contribution in [3.63, 3.8) is 0 Å². The normalized spacial score (nSPS) is 12.5. The summed E-state index contributed by atoms with van der Waals surface area (Å²) in [6.45, 7) is 6.03. The maximum atomic E-state index is 12.4. The minimum atomic E-state index is -1.03. The summed E-state index contributed by atoms with van der Waals surface area (Å²) in [4.78, 5) is 28.6. The number of nitrogens with one attached hydrogen (secondary N) is 1. The minimum Gasteiger partial charge on any atom is -0.477 e. The monoisotopic (exact) mass is 357 g/mol. The van der Waals surface area contributed by atoms with Gasteiger partial charge in [-0.2, -0.15) is 0 Å². The first kappa shape index (κ1) is 17.2. The third-order valence-electron chi connectivity index (χ3n) is 3.91. The molecule has 0 spiro atoms. The van der Waals surface area contributed by atoms with Gasteiger partial charge >= 0.3 is 5.97 Å². The fraction of sp³-hybridized carbons (Fsp3) is 0.278. The second-order valence-electron chi connectivity index (χ2n) is 6.09. The Kier molecular flexibility index (Phi) is 4.59. The Morgan fingerprint density at radius 2 is 1.80 bits per heavy atom. The van der Waals surface area contributed by atoms with Crippen LogP contribution in [0.4, 0.5) is 0 Å². The third-order valence-corrected chi connectivity index (χ3v) is 4.99. The fourth-order valence-electron chi connectivity index (χ4n) is 2.82. The minimum absolute atomic E-state index is 0.146. The van der Waals surface area contributed by atoms with Crippen LogP contribution in [0.5, 0.6) is 0 Å². The van der Waals surface area contributed by atoms with Gasteiger partial charge in [0.25, 0.3) is 5.91 Å². The van der Waals surface area contributed by atoms with Crippen LogP contribution in [0.3, 0.4) is 0 Å². The third kappa shape index (κ3) is 3.28. The molecule has 0 saturated heterocycles. The summed E-state index contributed by atoms with van der Waals surface area (Å²) in [6.07, 6.45) is 0. The Bertz CT molecular complexity index is 942. The number of nitrogens with zero attached hydrogens (tertiary/aromatic N) is 2. The van der Waals surface area contributed by atoms with E-state index in [0.717, 1.165) is 28.2 Å².